The zero-order valence-corrected chi connectivity index (χ0v) is 9.87. The van der Waals surface area contributed by atoms with Crippen LogP contribution in [0, 0.1) is 0 Å². The van der Waals surface area contributed by atoms with Crippen LogP contribution in [0.25, 0.3) is 0 Å². The van der Waals surface area contributed by atoms with Crippen molar-refractivity contribution in [3.63, 3.8) is 0 Å². The van der Waals surface area contributed by atoms with Crippen molar-refractivity contribution < 1.29 is 27.1 Å². The Morgan fingerprint density at radius 3 is 2.47 bits per heavy atom. The van der Waals surface area contributed by atoms with Crippen LogP contribution < -0.4 is 10.5 Å². The first-order chi connectivity index (χ1) is 8.80. The molecule has 2 N–H and O–H groups in total. The Kier molecular flexibility index (Phi) is 2.55. The topological polar surface area (TPSA) is 83.4 Å². The number of nitrogens with two attached hydrogens (primary N) is 1. The second kappa shape index (κ2) is 3.83. The predicted octanol–water partition coefficient (Wildman–Crippen LogP) is 1.12. The lowest BCUT2D eigenvalue weighted by Crippen LogP contribution is -2.74. The van der Waals surface area contributed by atoms with E-state index >= 15 is 0 Å². The van der Waals surface area contributed by atoms with Crippen molar-refractivity contribution in [3.8, 4) is 6.08 Å². The van der Waals surface area contributed by atoms with Crippen LogP contribution in [0.15, 0.2) is 4.42 Å². The summed E-state index contributed by atoms with van der Waals surface area (Å²) in [4.78, 5) is 0. The summed E-state index contributed by atoms with van der Waals surface area (Å²) in [5.41, 5.74) is 5.69. The molecule has 3 saturated carbocycles. The molecule has 0 aliphatic heterocycles. The average Bonchev–Trinajstić information content (AvgIpc) is 2.66. The fourth-order valence-electron chi connectivity index (χ4n) is 2.86. The molecular weight excluding hydrogens is 267 g/mol. The van der Waals surface area contributed by atoms with Crippen molar-refractivity contribution in [1.82, 2.24) is 10.2 Å². The van der Waals surface area contributed by atoms with Gasteiger partial charge in [-0.2, -0.15) is 0 Å². The SMILES string of the molecule is NC12CC(c3nnc(OCCOC(F)(F)F)o3)(C1)C2. The maximum atomic E-state index is 11.7. The van der Waals surface area contributed by atoms with Gasteiger partial charge in [-0.15, -0.1) is 18.3 Å². The summed E-state index contributed by atoms with van der Waals surface area (Å²) in [6.07, 6.45) is -2.39. The summed E-state index contributed by atoms with van der Waals surface area (Å²) in [7, 11) is 0. The van der Waals surface area contributed by atoms with E-state index in [1.165, 1.54) is 0 Å². The van der Waals surface area contributed by atoms with Gasteiger partial charge in [0, 0.05) is 5.54 Å². The first-order valence-corrected chi connectivity index (χ1v) is 5.77. The maximum absolute atomic E-state index is 11.7. The number of nitrogens with zero attached hydrogens (tertiary/aromatic N) is 2. The number of hydrogen-bond donors (Lipinski definition) is 1. The van der Waals surface area contributed by atoms with Gasteiger partial charge in [-0.05, 0) is 19.3 Å². The number of aromatic nitrogens is 2. The Bertz CT molecular complexity index is 468. The third-order valence-electron chi connectivity index (χ3n) is 3.51. The molecule has 2 bridgehead atoms. The van der Waals surface area contributed by atoms with Crippen LogP contribution in [0.4, 0.5) is 13.2 Å². The molecule has 6 nitrogen and oxygen atoms in total. The van der Waals surface area contributed by atoms with E-state index in [9.17, 15) is 13.2 Å². The highest BCUT2D eigenvalue weighted by molar-refractivity contribution is 5.33. The minimum Gasteiger partial charge on any atom is -0.447 e. The maximum Gasteiger partial charge on any atom is 0.522 e. The van der Waals surface area contributed by atoms with E-state index in [0.717, 1.165) is 19.3 Å². The van der Waals surface area contributed by atoms with Crippen LogP contribution in [0.3, 0.4) is 0 Å². The van der Waals surface area contributed by atoms with Crippen LogP contribution >= 0.6 is 0 Å². The molecule has 0 saturated heterocycles. The molecule has 106 valence electrons. The number of halogens is 3. The molecule has 1 aromatic heterocycles. The van der Waals surface area contributed by atoms with Crippen molar-refractivity contribution in [2.75, 3.05) is 13.2 Å². The molecule has 9 heteroatoms. The highest BCUT2D eigenvalue weighted by Crippen LogP contribution is 2.66. The monoisotopic (exact) mass is 279 g/mol. The molecule has 3 aliphatic carbocycles. The Hall–Kier alpha value is -1.35. The van der Waals surface area contributed by atoms with Gasteiger partial charge in [0.2, 0.25) is 5.89 Å². The van der Waals surface area contributed by atoms with E-state index in [4.69, 9.17) is 14.9 Å². The van der Waals surface area contributed by atoms with Crippen molar-refractivity contribution in [2.45, 2.75) is 36.6 Å². The van der Waals surface area contributed by atoms with Crippen LogP contribution in [-0.2, 0) is 10.2 Å². The van der Waals surface area contributed by atoms with E-state index in [1.807, 2.05) is 0 Å². The van der Waals surface area contributed by atoms with Gasteiger partial charge in [0.1, 0.15) is 6.61 Å². The lowest BCUT2D eigenvalue weighted by atomic mass is 9.40. The van der Waals surface area contributed by atoms with Crippen LogP contribution in [0.1, 0.15) is 25.2 Å². The van der Waals surface area contributed by atoms with Gasteiger partial charge < -0.3 is 14.9 Å². The second-order valence-corrected chi connectivity index (χ2v) is 5.19. The van der Waals surface area contributed by atoms with Crippen LogP contribution in [0.5, 0.6) is 6.08 Å². The van der Waals surface area contributed by atoms with E-state index in [2.05, 4.69) is 14.9 Å². The van der Waals surface area contributed by atoms with Gasteiger partial charge in [0.25, 0.3) is 0 Å². The van der Waals surface area contributed by atoms with Crippen LogP contribution in [-0.4, -0.2) is 35.3 Å². The predicted molar refractivity (Wildman–Crippen MR) is 54.2 cm³/mol. The highest BCUT2D eigenvalue weighted by Gasteiger charge is 2.69. The summed E-state index contributed by atoms with van der Waals surface area (Å²) in [6, 6.07) is 0. The van der Waals surface area contributed by atoms with Gasteiger partial charge in [0.15, 0.2) is 0 Å². The first-order valence-electron chi connectivity index (χ1n) is 5.77. The molecule has 0 aromatic carbocycles. The van der Waals surface area contributed by atoms with Crippen molar-refractivity contribution in [3.05, 3.63) is 5.89 Å². The molecule has 3 fully saturated rings. The summed E-state index contributed by atoms with van der Waals surface area (Å²) in [5, 5.41) is 7.48. The van der Waals surface area contributed by atoms with Crippen molar-refractivity contribution in [2.24, 2.45) is 5.73 Å². The molecule has 3 aliphatic rings. The van der Waals surface area contributed by atoms with Gasteiger partial charge in [-0.25, -0.2) is 0 Å². The zero-order valence-electron chi connectivity index (χ0n) is 9.87. The smallest absolute Gasteiger partial charge is 0.447 e. The molecular formula is C10H12F3N3O3. The Balaban J connectivity index is 1.47. The van der Waals surface area contributed by atoms with Crippen molar-refractivity contribution >= 4 is 0 Å². The van der Waals surface area contributed by atoms with E-state index < -0.39 is 13.0 Å². The molecule has 4 rings (SSSR count). The molecule has 0 amide bonds. The number of hydrogen-bond acceptors (Lipinski definition) is 6. The molecule has 0 unspecified atom stereocenters. The fourth-order valence-corrected chi connectivity index (χ4v) is 2.86. The normalized spacial score (nSPS) is 32.6. The Morgan fingerprint density at radius 2 is 1.89 bits per heavy atom. The average molecular weight is 279 g/mol. The van der Waals surface area contributed by atoms with Gasteiger partial charge >= 0.3 is 12.4 Å². The largest absolute Gasteiger partial charge is 0.522 e. The third kappa shape index (κ3) is 2.27. The second-order valence-electron chi connectivity index (χ2n) is 5.19. The summed E-state index contributed by atoms with van der Waals surface area (Å²) >= 11 is 0. The fraction of sp³-hybridized carbons (Fsp3) is 0.800. The number of ether oxygens (including phenoxy) is 2. The quantitative estimate of drug-likeness (QED) is 0.813. The molecule has 19 heavy (non-hydrogen) atoms. The molecule has 0 radical (unpaired) electrons. The van der Waals surface area contributed by atoms with E-state index in [0.29, 0.717) is 5.89 Å². The molecule has 1 aromatic rings. The lowest BCUT2D eigenvalue weighted by molar-refractivity contribution is -0.325. The minimum atomic E-state index is -4.66. The van der Waals surface area contributed by atoms with Crippen LogP contribution in [0.2, 0.25) is 0 Å². The third-order valence-corrected chi connectivity index (χ3v) is 3.51. The molecule has 0 spiro atoms. The first kappa shape index (κ1) is 12.7. The number of rotatable bonds is 5. The zero-order chi connectivity index (χ0) is 13.7. The number of alkyl halides is 3. The van der Waals surface area contributed by atoms with Gasteiger partial charge in [-0.3, -0.25) is 4.74 Å². The van der Waals surface area contributed by atoms with Gasteiger partial charge in [0.05, 0.1) is 12.0 Å². The molecule has 0 atom stereocenters. The summed E-state index contributed by atoms with van der Waals surface area (Å²) in [5.74, 6) is 0.451. The van der Waals surface area contributed by atoms with Crippen molar-refractivity contribution in [1.29, 1.82) is 0 Å². The van der Waals surface area contributed by atoms with Gasteiger partial charge in [-0.1, -0.05) is 5.10 Å². The Morgan fingerprint density at radius 1 is 1.21 bits per heavy atom. The van der Waals surface area contributed by atoms with E-state index in [1.54, 1.807) is 0 Å². The summed E-state index contributed by atoms with van der Waals surface area (Å²) in [6.45, 7) is -0.937. The van der Waals surface area contributed by atoms with E-state index in [-0.39, 0.29) is 23.6 Å². The standard InChI is InChI=1S/C10H12F3N3O3/c11-10(12,13)18-2-1-17-7-16-15-6(19-7)8-3-9(14,4-8)5-8/h1-5,14H2. The minimum absolute atomic E-state index is 0.0873. The summed E-state index contributed by atoms with van der Waals surface area (Å²) < 4.78 is 48.8. The molecule has 1 heterocycles. The highest BCUT2D eigenvalue weighted by atomic mass is 19.4. The lowest BCUT2D eigenvalue weighted by Gasteiger charge is -2.66. The Labute approximate surface area is 106 Å².